The van der Waals surface area contributed by atoms with Gasteiger partial charge in [0.15, 0.2) is 0 Å². The molecular weight excluding hydrogens is 486 g/mol. The van der Waals surface area contributed by atoms with Crippen LogP contribution in [0.4, 0.5) is 23.3 Å². The second-order valence-corrected chi connectivity index (χ2v) is 10.6. The van der Waals surface area contributed by atoms with Gasteiger partial charge in [0.2, 0.25) is 5.95 Å². The number of nitrogens with zero attached hydrogens (tertiary/aromatic N) is 7. The molecule has 3 aromatic rings. The van der Waals surface area contributed by atoms with E-state index < -0.39 is 5.97 Å². The van der Waals surface area contributed by atoms with Crippen molar-refractivity contribution in [2.75, 3.05) is 41.3 Å². The van der Waals surface area contributed by atoms with Gasteiger partial charge in [0.1, 0.15) is 22.5 Å². The highest BCUT2D eigenvalue weighted by Gasteiger charge is 2.58. The average Bonchev–Trinajstić information content (AvgIpc) is 3.63. The van der Waals surface area contributed by atoms with E-state index in [4.69, 9.17) is 10.2 Å². The third-order valence-corrected chi connectivity index (χ3v) is 8.36. The van der Waals surface area contributed by atoms with Crippen LogP contribution in [0.15, 0.2) is 29.3 Å². The maximum absolute atomic E-state index is 12.6. The Bertz CT molecular complexity index is 1450. The lowest BCUT2D eigenvalue weighted by molar-refractivity contribution is -0.139. The fourth-order valence-electron chi connectivity index (χ4n) is 5.90. The number of carboxylic acid groups (broad SMARTS) is 1. The lowest BCUT2D eigenvalue weighted by Gasteiger charge is -2.33. The molecular formula is C26H29N9O3. The molecule has 5 heterocycles. The van der Waals surface area contributed by atoms with Gasteiger partial charge < -0.3 is 20.2 Å². The Labute approximate surface area is 218 Å². The summed E-state index contributed by atoms with van der Waals surface area (Å²) in [5.41, 5.74) is 0.732. The monoisotopic (exact) mass is 515 g/mol. The van der Waals surface area contributed by atoms with E-state index in [1.54, 1.807) is 6.20 Å². The molecule has 196 valence electrons. The minimum Gasteiger partial charge on any atom is -0.481 e. The number of piperidine rings is 2. The summed E-state index contributed by atoms with van der Waals surface area (Å²) in [6, 6.07) is 6.09. The molecule has 12 heteroatoms. The summed E-state index contributed by atoms with van der Waals surface area (Å²) in [7, 11) is 0. The van der Waals surface area contributed by atoms with Crippen molar-refractivity contribution in [3.8, 4) is 6.07 Å². The molecule has 3 fully saturated rings. The molecule has 3 N–H and O–H groups in total. The molecule has 1 aliphatic carbocycles. The number of H-pyrrole nitrogens is 1. The van der Waals surface area contributed by atoms with Crippen LogP contribution in [0.1, 0.15) is 38.5 Å². The molecule has 3 aliphatic rings. The first-order chi connectivity index (χ1) is 18.5. The van der Waals surface area contributed by atoms with Crippen LogP contribution >= 0.6 is 0 Å². The maximum Gasteiger partial charge on any atom is 0.307 e. The van der Waals surface area contributed by atoms with Crippen molar-refractivity contribution in [3.63, 3.8) is 0 Å². The van der Waals surface area contributed by atoms with Crippen molar-refractivity contribution in [2.45, 2.75) is 38.5 Å². The lowest BCUT2D eigenvalue weighted by Crippen LogP contribution is -2.36. The maximum atomic E-state index is 12.6. The van der Waals surface area contributed by atoms with E-state index in [1.807, 2.05) is 12.1 Å². The van der Waals surface area contributed by atoms with Crippen molar-refractivity contribution < 1.29 is 9.90 Å². The predicted octanol–water partition coefficient (Wildman–Crippen LogP) is 2.67. The van der Waals surface area contributed by atoms with E-state index >= 15 is 0 Å². The molecule has 0 bridgehead atoms. The molecule has 38 heavy (non-hydrogen) atoms. The lowest BCUT2D eigenvalue weighted by atomic mass is 9.91. The Morgan fingerprint density at radius 1 is 1.16 bits per heavy atom. The topological polar surface area (TPSA) is 164 Å². The number of rotatable bonds is 6. The van der Waals surface area contributed by atoms with Gasteiger partial charge in [0.25, 0.3) is 5.56 Å². The Morgan fingerprint density at radius 2 is 1.95 bits per heavy atom. The number of nitrogens with one attached hydrogen (secondary N) is 2. The highest BCUT2D eigenvalue weighted by Crippen LogP contribution is 2.59. The number of carbonyl (C=O) groups is 1. The Hall–Kier alpha value is -4.27. The van der Waals surface area contributed by atoms with Gasteiger partial charge in [-0.1, -0.05) is 0 Å². The highest BCUT2D eigenvalue weighted by atomic mass is 16.4. The summed E-state index contributed by atoms with van der Waals surface area (Å²) in [4.78, 5) is 42.2. The molecule has 1 unspecified atom stereocenters. The fourth-order valence-corrected chi connectivity index (χ4v) is 5.90. The van der Waals surface area contributed by atoms with Gasteiger partial charge in [-0.15, -0.1) is 0 Å². The van der Waals surface area contributed by atoms with Crippen LogP contribution in [0.2, 0.25) is 0 Å². The zero-order valence-electron chi connectivity index (χ0n) is 20.9. The van der Waals surface area contributed by atoms with Gasteiger partial charge in [-0.05, 0) is 55.6 Å². The predicted molar refractivity (Wildman–Crippen MR) is 140 cm³/mol. The molecule has 1 spiro atoms. The van der Waals surface area contributed by atoms with Crippen molar-refractivity contribution in [1.82, 2.24) is 25.1 Å². The number of hydrogen-bond donors (Lipinski definition) is 3. The average molecular weight is 516 g/mol. The van der Waals surface area contributed by atoms with Crippen LogP contribution in [-0.2, 0) is 4.79 Å². The van der Waals surface area contributed by atoms with Crippen molar-refractivity contribution in [3.05, 3.63) is 34.9 Å². The Balaban J connectivity index is 1.19. The van der Waals surface area contributed by atoms with Crippen LogP contribution in [0, 0.1) is 28.6 Å². The summed E-state index contributed by atoms with van der Waals surface area (Å²) in [5, 5.41) is 28.3. The summed E-state index contributed by atoms with van der Waals surface area (Å²) < 4.78 is 0. The molecule has 2 aliphatic heterocycles. The summed E-state index contributed by atoms with van der Waals surface area (Å²) in [6.45, 7) is 3.07. The van der Waals surface area contributed by atoms with Gasteiger partial charge in [0, 0.05) is 32.6 Å². The van der Waals surface area contributed by atoms with E-state index in [0.29, 0.717) is 40.7 Å². The second-order valence-electron chi connectivity index (χ2n) is 10.6. The molecule has 6 rings (SSSR count). The van der Waals surface area contributed by atoms with Crippen molar-refractivity contribution in [1.29, 1.82) is 5.26 Å². The number of carboxylic acids is 1. The van der Waals surface area contributed by atoms with Crippen LogP contribution in [-0.4, -0.2) is 62.4 Å². The van der Waals surface area contributed by atoms with E-state index in [9.17, 15) is 14.7 Å². The number of aromatic amines is 1. The van der Waals surface area contributed by atoms with Gasteiger partial charge in [-0.25, -0.2) is 15.1 Å². The summed E-state index contributed by atoms with van der Waals surface area (Å²) in [5.74, 6) is 1.26. The van der Waals surface area contributed by atoms with Crippen LogP contribution in [0.25, 0.3) is 10.9 Å². The molecule has 0 aromatic carbocycles. The van der Waals surface area contributed by atoms with Crippen LogP contribution in [0.5, 0.6) is 0 Å². The second kappa shape index (κ2) is 9.55. The SMILES string of the molecule is N#CCC1CCN(c2nc(Nc3ccc(N4CCC5(CC4)CC5C(=O)O)nc3)c3c(=O)[nH]ncc3n2)CC1. The van der Waals surface area contributed by atoms with Crippen molar-refractivity contribution in [2.24, 2.45) is 17.3 Å². The van der Waals surface area contributed by atoms with Gasteiger partial charge in [0.05, 0.1) is 30.1 Å². The van der Waals surface area contributed by atoms with Crippen LogP contribution < -0.4 is 20.7 Å². The molecule has 3 aromatic heterocycles. The number of hydrogen-bond acceptors (Lipinski definition) is 10. The molecule has 1 atom stereocenters. The number of anilines is 4. The molecule has 2 saturated heterocycles. The Kier molecular flexibility index (Phi) is 6.06. The molecule has 0 amide bonds. The quantitative estimate of drug-likeness (QED) is 0.442. The van der Waals surface area contributed by atoms with Crippen molar-refractivity contribution >= 4 is 40.1 Å². The van der Waals surface area contributed by atoms with Gasteiger partial charge in [-0.2, -0.15) is 15.3 Å². The smallest absolute Gasteiger partial charge is 0.307 e. The molecule has 0 radical (unpaired) electrons. The minimum absolute atomic E-state index is 0.0253. The third-order valence-electron chi connectivity index (χ3n) is 8.36. The first-order valence-electron chi connectivity index (χ1n) is 13.0. The minimum atomic E-state index is -0.675. The first-order valence-corrected chi connectivity index (χ1v) is 13.0. The van der Waals surface area contributed by atoms with E-state index in [2.05, 4.69) is 41.4 Å². The van der Waals surface area contributed by atoms with Gasteiger partial charge in [-0.3, -0.25) is 9.59 Å². The number of aromatic nitrogens is 5. The summed E-state index contributed by atoms with van der Waals surface area (Å²) >= 11 is 0. The fraction of sp³-hybridized carbons (Fsp3) is 0.500. The number of nitriles is 1. The molecule has 12 nitrogen and oxygen atoms in total. The van der Waals surface area contributed by atoms with E-state index in [-0.39, 0.29) is 16.9 Å². The largest absolute Gasteiger partial charge is 0.481 e. The van der Waals surface area contributed by atoms with E-state index in [1.165, 1.54) is 6.20 Å². The number of pyridine rings is 1. The van der Waals surface area contributed by atoms with E-state index in [0.717, 1.165) is 64.1 Å². The van der Waals surface area contributed by atoms with Gasteiger partial charge >= 0.3 is 5.97 Å². The standard InChI is InChI=1S/C26H29N9O3/c27-8-3-16-4-9-35(10-5-16)25-31-19-15-29-33-23(36)21(19)22(32-25)30-17-1-2-20(28-14-17)34-11-6-26(7-12-34)13-18(26)24(37)38/h1-2,14-16,18H,3-7,9-13H2,(H,33,36)(H,37,38)(H,30,31,32). The Morgan fingerprint density at radius 3 is 2.61 bits per heavy atom. The first kappa shape index (κ1) is 24.1. The normalized spacial score (nSPS) is 20.9. The molecule has 1 saturated carbocycles. The zero-order valence-corrected chi connectivity index (χ0v) is 20.9. The summed E-state index contributed by atoms with van der Waals surface area (Å²) in [6.07, 6.45) is 8.10. The third kappa shape index (κ3) is 4.49. The highest BCUT2D eigenvalue weighted by molar-refractivity contribution is 5.90. The number of fused-ring (bicyclic) bond motifs is 1. The number of aliphatic carboxylic acids is 1. The van der Waals surface area contributed by atoms with Crippen LogP contribution in [0.3, 0.4) is 0 Å². The zero-order chi connectivity index (χ0) is 26.3.